The van der Waals surface area contributed by atoms with Crippen molar-refractivity contribution in [3.63, 3.8) is 0 Å². The molecular weight excluding hydrogens is 342 g/mol. The third-order valence-electron chi connectivity index (χ3n) is 5.87. The molecule has 144 valence electrons. The third kappa shape index (κ3) is 3.75. The molecule has 0 radical (unpaired) electrons. The van der Waals surface area contributed by atoms with E-state index in [-0.39, 0.29) is 5.69 Å². The fraction of sp³-hybridized carbons (Fsp3) is 0.550. The van der Waals surface area contributed by atoms with Crippen LogP contribution in [-0.4, -0.2) is 67.9 Å². The Morgan fingerprint density at radius 3 is 2.78 bits per heavy atom. The fourth-order valence-corrected chi connectivity index (χ4v) is 4.45. The van der Waals surface area contributed by atoms with Crippen LogP contribution in [0.4, 0.5) is 0 Å². The summed E-state index contributed by atoms with van der Waals surface area (Å²) in [5.41, 5.74) is 3.60. The van der Waals surface area contributed by atoms with Crippen LogP contribution in [-0.2, 0) is 25.9 Å². The molecule has 1 atom stereocenters. The number of carbonyl (C=O) groups is 1. The fourth-order valence-electron chi connectivity index (χ4n) is 4.45. The average Bonchev–Trinajstić information content (AvgIpc) is 3.08. The van der Waals surface area contributed by atoms with E-state index in [2.05, 4.69) is 25.9 Å². The Morgan fingerprint density at radius 2 is 2.11 bits per heavy atom. The Labute approximate surface area is 159 Å². The van der Waals surface area contributed by atoms with E-state index in [0.717, 1.165) is 69.8 Å². The van der Waals surface area contributed by atoms with Crippen LogP contribution in [0.3, 0.4) is 0 Å². The number of pyridine rings is 1. The third-order valence-corrected chi connectivity index (χ3v) is 5.87. The van der Waals surface area contributed by atoms with Crippen molar-refractivity contribution in [1.82, 2.24) is 24.6 Å². The van der Waals surface area contributed by atoms with Gasteiger partial charge in [-0.15, -0.1) is 0 Å². The highest BCUT2D eigenvalue weighted by Crippen LogP contribution is 2.28. The first-order valence-electron chi connectivity index (χ1n) is 9.83. The van der Waals surface area contributed by atoms with Crippen molar-refractivity contribution in [3.05, 3.63) is 47.0 Å². The minimum atomic E-state index is -0.902. The topological polar surface area (TPSA) is 74.5 Å². The highest BCUT2D eigenvalue weighted by Gasteiger charge is 2.32. The molecule has 4 rings (SSSR count). The summed E-state index contributed by atoms with van der Waals surface area (Å²) in [7, 11) is 0. The van der Waals surface area contributed by atoms with Crippen LogP contribution in [0.5, 0.6) is 0 Å². The summed E-state index contributed by atoms with van der Waals surface area (Å²) in [6.45, 7) is 7.84. The van der Waals surface area contributed by atoms with Crippen LogP contribution >= 0.6 is 0 Å². The van der Waals surface area contributed by atoms with Gasteiger partial charge in [0.15, 0.2) is 5.69 Å². The Hall–Kier alpha value is -2.25. The lowest BCUT2D eigenvalue weighted by molar-refractivity contribution is 0.0684. The quantitative estimate of drug-likeness (QED) is 0.864. The number of rotatable bonds is 5. The van der Waals surface area contributed by atoms with Crippen LogP contribution in [0.25, 0.3) is 0 Å². The van der Waals surface area contributed by atoms with E-state index < -0.39 is 5.97 Å². The molecule has 3 heterocycles. The summed E-state index contributed by atoms with van der Waals surface area (Å²) in [6, 6.07) is 4.54. The minimum Gasteiger partial charge on any atom is -0.476 e. The highest BCUT2D eigenvalue weighted by atomic mass is 16.4. The number of aryl methyl sites for hydroxylation is 1. The Morgan fingerprint density at radius 1 is 1.30 bits per heavy atom. The number of aromatic carboxylic acids is 1. The monoisotopic (exact) mass is 369 g/mol. The average molecular weight is 369 g/mol. The lowest BCUT2D eigenvalue weighted by Crippen LogP contribution is -2.51. The lowest BCUT2D eigenvalue weighted by Gasteiger charge is -2.40. The first-order valence-corrected chi connectivity index (χ1v) is 9.83. The maximum Gasteiger partial charge on any atom is 0.356 e. The molecule has 0 aromatic carbocycles. The molecule has 2 aromatic heterocycles. The molecule has 0 amide bonds. The lowest BCUT2D eigenvalue weighted by atomic mass is 9.90. The predicted molar refractivity (Wildman–Crippen MR) is 102 cm³/mol. The molecule has 0 unspecified atom stereocenters. The van der Waals surface area contributed by atoms with E-state index in [1.807, 2.05) is 30.1 Å². The van der Waals surface area contributed by atoms with E-state index in [9.17, 15) is 9.90 Å². The number of hydrogen-bond acceptors (Lipinski definition) is 5. The largest absolute Gasteiger partial charge is 0.476 e. The second-order valence-electron chi connectivity index (χ2n) is 7.46. The number of piperazine rings is 1. The van der Waals surface area contributed by atoms with E-state index in [0.29, 0.717) is 6.04 Å². The van der Waals surface area contributed by atoms with Gasteiger partial charge >= 0.3 is 5.97 Å². The summed E-state index contributed by atoms with van der Waals surface area (Å²) in [4.78, 5) is 20.8. The smallest absolute Gasteiger partial charge is 0.356 e. The Kier molecular flexibility index (Phi) is 5.22. The zero-order chi connectivity index (χ0) is 18.8. The normalized spacial score (nSPS) is 21.1. The van der Waals surface area contributed by atoms with Gasteiger partial charge in [-0.1, -0.05) is 6.07 Å². The number of aromatic nitrogens is 3. The van der Waals surface area contributed by atoms with Crippen molar-refractivity contribution in [2.24, 2.45) is 0 Å². The highest BCUT2D eigenvalue weighted by molar-refractivity contribution is 5.87. The van der Waals surface area contributed by atoms with E-state index in [1.165, 1.54) is 5.56 Å². The molecule has 0 bridgehead atoms. The SMILES string of the molecule is CCn1nc(C(=O)O)c2c1CC[C@H](N1CCN(Cc3cccnc3)CC1)C2. The van der Waals surface area contributed by atoms with Crippen molar-refractivity contribution >= 4 is 5.97 Å². The van der Waals surface area contributed by atoms with E-state index in [4.69, 9.17) is 0 Å². The molecule has 0 spiro atoms. The molecule has 0 saturated carbocycles. The van der Waals surface area contributed by atoms with Gasteiger partial charge in [0.1, 0.15) is 0 Å². The number of nitrogens with zero attached hydrogens (tertiary/aromatic N) is 5. The summed E-state index contributed by atoms with van der Waals surface area (Å²) >= 11 is 0. The van der Waals surface area contributed by atoms with Gasteiger partial charge in [-0.2, -0.15) is 5.10 Å². The van der Waals surface area contributed by atoms with Crippen molar-refractivity contribution in [1.29, 1.82) is 0 Å². The van der Waals surface area contributed by atoms with Crippen LogP contribution < -0.4 is 0 Å². The predicted octanol–water partition coefficient (Wildman–Crippen LogP) is 1.67. The van der Waals surface area contributed by atoms with E-state index in [1.54, 1.807) is 0 Å². The maximum atomic E-state index is 11.6. The molecule has 1 fully saturated rings. The molecule has 7 nitrogen and oxygen atoms in total. The van der Waals surface area contributed by atoms with Crippen LogP contribution in [0.1, 0.15) is 40.7 Å². The van der Waals surface area contributed by atoms with Gasteiger partial charge in [-0.3, -0.25) is 19.5 Å². The molecule has 1 aliphatic heterocycles. The summed E-state index contributed by atoms with van der Waals surface area (Å²) in [5.74, 6) is -0.902. The number of carboxylic acid groups (broad SMARTS) is 1. The maximum absolute atomic E-state index is 11.6. The van der Waals surface area contributed by atoms with Gasteiger partial charge in [0.05, 0.1) is 0 Å². The van der Waals surface area contributed by atoms with Crippen molar-refractivity contribution in [2.45, 2.75) is 45.3 Å². The molecule has 2 aromatic rings. The van der Waals surface area contributed by atoms with Gasteiger partial charge in [-0.25, -0.2) is 4.79 Å². The summed E-state index contributed by atoms with van der Waals surface area (Å²) < 4.78 is 1.88. The van der Waals surface area contributed by atoms with Gasteiger partial charge < -0.3 is 5.11 Å². The molecular formula is C20H27N5O2. The number of hydrogen-bond donors (Lipinski definition) is 1. The zero-order valence-electron chi connectivity index (χ0n) is 15.8. The van der Waals surface area contributed by atoms with Gasteiger partial charge in [-0.05, 0) is 37.8 Å². The summed E-state index contributed by atoms with van der Waals surface area (Å²) in [5, 5.41) is 13.9. The number of carboxylic acids is 1. The van der Waals surface area contributed by atoms with Gasteiger partial charge in [0, 0.05) is 69.0 Å². The Bertz CT molecular complexity index is 796. The van der Waals surface area contributed by atoms with Gasteiger partial charge in [0.2, 0.25) is 0 Å². The van der Waals surface area contributed by atoms with Crippen LogP contribution in [0.15, 0.2) is 24.5 Å². The molecule has 27 heavy (non-hydrogen) atoms. The number of fused-ring (bicyclic) bond motifs is 1. The van der Waals surface area contributed by atoms with Crippen LogP contribution in [0.2, 0.25) is 0 Å². The second kappa shape index (κ2) is 7.78. The first-order chi connectivity index (χ1) is 13.2. The standard InChI is InChI=1S/C20H27N5O2/c1-2-25-18-6-5-16(12-17(18)19(22-25)20(26)27)24-10-8-23(9-11-24)14-15-4-3-7-21-13-15/h3-4,7,13,16H,2,5-6,8-12,14H2,1H3,(H,26,27)/t16-/m0/s1. The Balaban J connectivity index is 1.39. The van der Waals surface area contributed by atoms with Crippen LogP contribution in [0, 0.1) is 0 Å². The zero-order valence-corrected chi connectivity index (χ0v) is 15.8. The molecule has 2 aliphatic rings. The molecule has 1 saturated heterocycles. The minimum absolute atomic E-state index is 0.256. The molecule has 1 aliphatic carbocycles. The molecule has 1 N–H and O–H groups in total. The second-order valence-corrected chi connectivity index (χ2v) is 7.46. The van der Waals surface area contributed by atoms with Crippen molar-refractivity contribution < 1.29 is 9.90 Å². The summed E-state index contributed by atoms with van der Waals surface area (Å²) in [6.07, 6.45) is 6.56. The first kappa shape index (κ1) is 18.1. The van der Waals surface area contributed by atoms with E-state index >= 15 is 0 Å². The van der Waals surface area contributed by atoms with Crippen molar-refractivity contribution in [3.8, 4) is 0 Å². The molecule has 7 heteroatoms. The van der Waals surface area contributed by atoms with Crippen molar-refractivity contribution in [2.75, 3.05) is 26.2 Å². The van der Waals surface area contributed by atoms with Gasteiger partial charge in [0.25, 0.3) is 0 Å².